The highest BCUT2D eigenvalue weighted by atomic mass is 35.5. The smallest absolute Gasteiger partial charge is 0.237 e. The van der Waals surface area contributed by atoms with Crippen LogP contribution in [0.25, 0.3) is 0 Å². The first-order valence-corrected chi connectivity index (χ1v) is 5.82. The number of carbonyl (C=O) groups is 1. The predicted molar refractivity (Wildman–Crippen MR) is 76.0 cm³/mol. The van der Waals surface area contributed by atoms with E-state index in [2.05, 4.69) is 10.3 Å². The molecule has 1 atom stereocenters. The molecule has 1 rings (SSSR count). The molecule has 0 saturated carbocycles. The molecule has 0 radical (unpaired) electrons. The summed E-state index contributed by atoms with van der Waals surface area (Å²) in [5.74, 6) is 0.0605. The van der Waals surface area contributed by atoms with Crippen molar-refractivity contribution in [2.45, 2.75) is 33.4 Å². The fraction of sp³-hybridized carbons (Fsp3) is 0.600. The minimum Gasteiger partial charge on any atom is -0.350 e. The highest BCUT2D eigenvalue weighted by Gasteiger charge is 2.16. The lowest BCUT2D eigenvalue weighted by atomic mass is 10.1. The molecule has 0 saturated heterocycles. The molecule has 17 heavy (non-hydrogen) atoms. The highest BCUT2D eigenvalue weighted by Crippen LogP contribution is 2.11. The van der Waals surface area contributed by atoms with Gasteiger partial charge < -0.3 is 11.1 Å². The van der Waals surface area contributed by atoms with Gasteiger partial charge in [-0.1, -0.05) is 13.8 Å². The van der Waals surface area contributed by atoms with E-state index < -0.39 is 6.04 Å². The molecule has 0 fully saturated rings. The van der Waals surface area contributed by atoms with Gasteiger partial charge in [0.05, 0.1) is 23.8 Å². The standard InChI is InChI=1S/C10H17N3OS.2ClH/c1-6(2)9(11)10(14)12-4-8-7(3)13-5-15-8;;/h5-6,9H,4,11H2,1-3H3,(H,12,14);2*1H/t9-;;/m0../s1. The van der Waals surface area contributed by atoms with Crippen molar-refractivity contribution < 1.29 is 4.79 Å². The molecule has 0 aliphatic carbocycles. The number of aryl methyl sites for hydroxylation is 1. The average molecular weight is 300 g/mol. The molecule has 1 aromatic heterocycles. The maximum Gasteiger partial charge on any atom is 0.237 e. The summed E-state index contributed by atoms with van der Waals surface area (Å²) in [6, 6.07) is -0.432. The number of amides is 1. The molecule has 0 aromatic carbocycles. The van der Waals surface area contributed by atoms with Gasteiger partial charge in [0.25, 0.3) is 0 Å². The van der Waals surface area contributed by atoms with Gasteiger partial charge >= 0.3 is 0 Å². The molecule has 1 heterocycles. The largest absolute Gasteiger partial charge is 0.350 e. The molecule has 0 spiro atoms. The highest BCUT2D eigenvalue weighted by molar-refractivity contribution is 7.09. The Balaban J connectivity index is 0. The molecule has 0 aliphatic rings. The van der Waals surface area contributed by atoms with Gasteiger partial charge in [-0.15, -0.1) is 36.2 Å². The molecule has 1 aromatic rings. The number of halogens is 2. The zero-order chi connectivity index (χ0) is 11.4. The van der Waals surface area contributed by atoms with E-state index in [1.54, 1.807) is 16.8 Å². The quantitative estimate of drug-likeness (QED) is 0.892. The zero-order valence-corrected chi connectivity index (χ0v) is 12.5. The number of rotatable bonds is 4. The van der Waals surface area contributed by atoms with Crippen LogP contribution in [0.15, 0.2) is 5.51 Å². The lowest BCUT2D eigenvalue weighted by Crippen LogP contribution is -2.43. The maximum atomic E-state index is 11.5. The van der Waals surface area contributed by atoms with Crippen molar-refractivity contribution in [2.24, 2.45) is 11.7 Å². The Hall–Kier alpha value is -0.360. The number of nitrogens with two attached hydrogens (primary N) is 1. The number of aromatic nitrogens is 1. The van der Waals surface area contributed by atoms with Gasteiger partial charge in [0, 0.05) is 4.88 Å². The Labute approximate surface area is 118 Å². The van der Waals surface area contributed by atoms with E-state index in [9.17, 15) is 4.79 Å². The number of nitrogens with zero attached hydrogens (tertiary/aromatic N) is 1. The van der Waals surface area contributed by atoms with E-state index in [0.717, 1.165) is 10.6 Å². The molecular weight excluding hydrogens is 281 g/mol. The van der Waals surface area contributed by atoms with E-state index in [4.69, 9.17) is 5.73 Å². The first-order chi connectivity index (χ1) is 7.02. The minimum atomic E-state index is -0.432. The van der Waals surface area contributed by atoms with Crippen LogP contribution in [0.5, 0.6) is 0 Å². The lowest BCUT2D eigenvalue weighted by molar-refractivity contribution is -0.123. The van der Waals surface area contributed by atoms with Gasteiger partial charge in [-0.25, -0.2) is 4.98 Å². The lowest BCUT2D eigenvalue weighted by Gasteiger charge is -2.14. The topological polar surface area (TPSA) is 68.0 Å². The van der Waals surface area contributed by atoms with E-state index >= 15 is 0 Å². The first-order valence-electron chi connectivity index (χ1n) is 4.94. The predicted octanol–water partition coefficient (Wildman–Crippen LogP) is 1.89. The van der Waals surface area contributed by atoms with E-state index in [1.807, 2.05) is 20.8 Å². The Morgan fingerprint density at radius 3 is 2.53 bits per heavy atom. The monoisotopic (exact) mass is 299 g/mol. The van der Waals surface area contributed by atoms with Crippen LogP contribution < -0.4 is 11.1 Å². The third kappa shape index (κ3) is 5.68. The number of carbonyl (C=O) groups excluding carboxylic acids is 1. The summed E-state index contributed by atoms with van der Waals surface area (Å²) in [5.41, 5.74) is 8.46. The van der Waals surface area contributed by atoms with Crippen LogP contribution in [0.1, 0.15) is 24.4 Å². The van der Waals surface area contributed by atoms with Gasteiger partial charge in [-0.3, -0.25) is 4.79 Å². The van der Waals surface area contributed by atoms with Crippen molar-refractivity contribution in [1.82, 2.24) is 10.3 Å². The van der Waals surface area contributed by atoms with Gasteiger partial charge in [-0.2, -0.15) is 0 Å². The number of thiazole rings is 1. The van der Waals surface area contributed by atoms with Crippen molar-refractivity contribution in [3.05, 3.63) is 16.1 Å². The first kappa shape index (κ1) is 19.0. The molecular formula is C10H19Cl2N3OS. The molecule has 0 bridgehead atoms. The summed E-state index contributed by atoms with van der Waals surface area (Å²) in [7, 11) is 0. The molecule has 4 nitrogen and oxygen atoms in total. The van der Waals surface area contributed by atoms with Crippen LogP contribution in [0, 0.1) is 12.8 Å². The van der Waals surface area contributed by atoms with Crippen molar-refractivity contribution in [3.8, 4) is 0 Å². The summed E-state index contributed by atoms with van der Waals surface area (Å²) in [4.78, 5) is 16.7. The van der Waals surface area contributed by atoms with Gasteiger partial charge in [-0.05, 0) is 12.8 Å². The summed E-state index contributed by atoms with van der Waals surface area (Å²) in [6.07, 6.45) is 0. The third-order valence-corrected chi connectivity index (χ3v) is 3.22. The molecule has 3 N–H and O–H groups in total. The second-order valence-electron chi connectivity index (χ2n) is 3.85. The minimum absolute atomic E-state index is 0. The van der Waals surface area contributed by atoms with Gasteiger partial charge in [0.2, 0.25) is 5.91 Å². The Kier molecular flexibility index (Phi) is 9.71. The van der Waals surface area contributed by atoms with Crippen molar-refractivity contribution >= 4 is 42.1 Å². The SMILES string of the molecule is Cc1ncsc1CNC(=O)[C@@H](N)C(C)C.Cl.Cl. The third-order valence-electron chi connectivity index (χ3n) is 2.29. The summed E-state index contributed by atoms with van der Waals surface area (Å²) < 4.78 is 0. The Bertz CT molecular complexity index is 344. The Morgan fingerprint density at radius 2 is 2.12 bits per heavy atom. The fourth-order valence-electron chi connectivity index (χ4n) is 1.08. The summed E-state index contributed by atoms with van der Waals surface area (Å²) in [6.45, 7) is 6.32. The van der Waals surface area contributed by atoms with Crippen LogP contribution in [-0.4, -0.2) is 16.9 Å². The summed E-state index contributed by atoms with van der Waals surface area (Å²) >= 11 is 1.54. The molecule has 0 aliphatic heterocycles. The number of nitrogens with one attached hydrogen (secondary N) is 1. The second-order valence-corrected chi connectivity index (χ2v) is 4.79. The van der Waals surface area contributed by atoms with E-state index in [0.29, 0.717) is 6.54 Å². The Morgan fingerprint density at radius 1 is 1.53 bits per heavy atom. The zero-order valence-electron chi connectivity index (χ0n) is 10.1. The molecule has 7 heteroatoms. The molecule has 1 amide bonds. The number of hydrogen-bond donors (Lipinski definition) is 2. The second kappa shape index (κ2) is 8.69. The van der Waals surface area contributed by atoms with Crippen molar-refractivity contribution in [3.63, 3.8) is 0 Å². The van der Waals surface area contributed by atoms with Crippen molar-refractivity contribution in [1.29, 1.82) is 0 Å². The molecule has 0 unspecified atom stereocenters. The van der Waals surface area contributed by atoms with Crippen LogP contribution >= 0.6 is 36.2 Å². The summed E-state index contributed by atoms with van der Waals surface area (Å²) in [5, 5.41) is 2.81. The molecule has 100 valence electrons. The van der Waals surface area contributed by atoms with E-state index in [-0.39, 0.29) is 36.6 Å². The van der Waals surface area contributed by atoms with Crippen LogP contribution in [0.2, 0.25) is 0 Å². The fourth-order valence-corrected chi connectivity index (χ4v) is 1.80. The van der Waals surface area contributed by atoms with Crippen LogP contribution in [-0.2, 0) is 11.3 Å². The van der Waals surface area contributed by atoms with Gasteiger partial charge in [0.1, 0.15) is 0 Å². The van der Waals surface area contributed by atoms with Gasteiger partial charge in [0.15, 0.2) is 0 Å². The normalized spacial score (nSPS) is 11.4. The van der Waals surface area contributed by atoms with Crippen molar-refractivity contribution in [2.75, 3.05) is 0 Å². The number of hydrogen-bond acceptors (Lipinski definition) is 4. The van der Waals surface area contributed by atoms with Crippen LogP contribution in [0.3, 0.4) is 0 Å². The average Bonchev–Trinajstić information content (AvgIpc) is 2.59. The van der Waals surface area contributed by atoms with Crippen LogP contribution in [0.4, 0.5) is 0 Å². The maximum absolute atomic E-state index is 11.5. The van der Waals surface area contributed by atoms with E-state index in [1.165, 1.54) is 0 Å².